The maximum atomic E-state index is 13.4. The Kier molecular flexibility index (Phi) is 4.81. The van der Waals surface area contributed by atoms with Crippen LogP contribution in [0.2, 0.25) is 0 Å². The van der Waals surface area contributed by atoms with E-state index in [0.717, 1.165) is 55.5 Å². The van der Waals surface area contributed by atoms with Crippen molar-refractivity contribution >= 4 is 10.9 Å². The van der Waals surface area contributed by atoms with E-state index in [1.807, 2.05) is 6.07 Å². The van der Waals surface area contributed by atoms with Gasteiger partial charge in [-0.1, -0.05) is 18.2 Å². The van der Waals surface area contributed by atoms with Gasteiger partial charge in [0.05, 0.1) is 0 Å². The van der Waals surface area contributed by atoms with Gasteiger partial charge in [-0.25, -0.2) is 4.39 Å². The minimum absolute atomic E-state index is 0.168. The first-order chi connectivity index (χ1) is 13.7. The van der Waals surface area contributed by atoms with Crippen LogP contribution in [0.1, 0.15) is 30.5 Å². The monoisotopic (exact) mass is 378 g/mol. The molecule has 1 fully saturated rings. The number of benzene rings is 2. The number of H-pyrrole nitrogens is 1. The van der Waals surface area contributed by atoms with E-state index in [0.29, 0.717) is 12.0 Å². The van der Waals surface area contributed by atoms with Crippen molar-refractivity contribution < 1.29 is 9.13 Å². The third-order valence-electron chi connectivity index (χ3n) is 6.32. The van der Waals surface area contributed by atoms with Crippen molar-refractivity contribution in [2.75, 3.05) is 19.6 Å². The predicted octanol–water partition coefficient (Wildman–Crippen LogP) is 4.96. The number of likely N-dealkylation sites (tertiary alicyclic amines) is 1. The number of nitrogens with zero attached hydrogens (tertiary/aromatic N) is 1. The van der Waals surface area contributed by atoms with Gasteiger partial charge in [-0.05, 0) is 87.0 Å². The van der Waals surface area contributed by atoms with Crippen LogP contribution in [0.15, 0.2) is 48.5 Å². The van der Waals surface area contributed by atoms with Gasteiger partial charge in [0, 0.05) is 23.1 Å². The van der Waals surface area contributed by atoms with Gasteiger partial charge in [0.2, 0.25) is 0 Å². The molecule has 0 amide bonds. The lowest BCUT2D eigenvalue weighted by Crippen LogP contribution is -2.42. The molecule has 2 aliphatic rings. The average molecular weight is 378 g/mol. The van der Waals surface area contributed by atoms with Gasteiger partial charge in [-0.15, -0.1) is 0 Å². The summed E-state index contributed by atoms with van der Waals surface area (Å²) in [4.78, 5) is 6.02. The third-order valence-corrected chi connectivity index (χ3v) is 6.32. The highest BCUT2D eigenvalue weighted by molar-refractivity contribution is 5.80. The number of rotatable bonds is 4. The molecular formula is C24H27FN2O. The largest absolute Gasteiger partial charge is 0.489 e. The zero-order valence-corrected chi connectivity index (χ0v) is 16.2. The normalized spacial score (nSPS) is 20.8. The van der Waals surface area contributed by atoms with Crippen LogP contribution in [0.4, 0.5) is 4.39 Å². The van der Waals surface area contributed by atoms with Crippen LogP contribution in [0.25, 0.3) is 10.9 Å². The number of aromatic nitrogens is 1. The number of halogens is 1. The fourth-order valence-corrected chi connectivity index (χ4v) is 4.75. The molecule has 1 saturated heterocycles. The Balaban J connectivity index is 1.13. The summed E-state index contributed by atoms with van der Waals surface area (Å²) >= 11 is 0. The van der Waals surface area contributed by atoms with Crippen molar-refractivity contribution in [3.05, 3.63) is 65.6 Å². The van der Waals surface area contributed by atoms with Crippen molar-refractivity contribution in [2.24, 2.45) is 5.92 Å². The van der Waals surface area contributed by atoms with Crippen LogP contribution in [0.3, 0.4) is 0 Å². The lowest BCUT2D eigenvalue weighted by Gasteiger charge is -2.35. The smallest absolute Gasteiger partial charge is 0.123 e. The minimum atomic E-state index is -0.168. The molecule has 1 aromatic heterocycles. The van der Waals surface area contributed by atoms with Crippen LogP contribution in [0, 0.1) is 11.7 Å². The minimum Gasteiger partial charge on any atom is -0.489 e. The van der Waals surface area contributed by atoms with Gasteiger partial charge in [0.15, 0.2) is 0 Å². The van der Waals surface area contributed by atoms with E-state index in [4.69, 9.17) is 4.74 Å². The molecule has 0 radical (unpaired) electrons. The lowest BCUT2D eigenvalue weighted by molar-refractivity contribution is 0.0911. The van der Waals surface area contributed by atoms with Crippen molar-refractivity contribution in [2.45, 2.75) is 38.2 Å². The van der Waals surface area contributed by atoms with E-state index in [1.165, 1.54) is 30.2 Å². The van der Waals surface area contributed by atoms with Crippen molar-refractivity contribution in [1.82, 2.24) is 9.88 Å². The Morgan fingerprint density at radius 2 is 1.89 bits per heavy atom. The molecule has 3 aromatic rings. The van der Waals surface area contributed by atoms with Gasteiger partial charge in [0.1, 0.15) is 17.7 Å². The number of piperidine rings is 1. The van der Waals surface area contributed by atoms with Crippen LogP contribution < -0.4 is 4.74 Å². The Morgan fingerprint density at radius 1 is 1.04 bits per heavy atom. The molecule has 28 heavy (non-hydrogen) atoms. The van der Waals surface area contributed by atoms with Gasteiger partial charge in [-0.3, -0.25) is 4.90 Å². The third kappa shape index (κ3) is 3.79. The zero-order chi connectivity index (χ0) is 18.9. The van der Waals surface area contributed by atoms with Crippen molar-refractivity contribution in [3.63, 3.8) is 0 Å². The first kappa shape index (κ1) is 17.7. The molecule has 4 heteroatoms. The number of para-hydroxylation sites is 1. The maximum absolute atomic E-state index is 13.4. The average Bonchev–Trinajstić information content (AvgIpc) is 3.11. The molecule has 2 aromatic carbocycles. The van der Waals surface area contributed by atoms with E-state index < -0.39 is 0 Å². The highest BCUT2D eigenvalue weighted by Gasteiger charge is 2.25. The molecule has 3 heterocycles. The van der Waals surface area contributed by atoms with E-state index in [9.17, 15) is 4.39 Å². The second-order valence-electron chi connectivity index (χ2n) is 8.36. The number of aromatic amines is 1. The Bertz CT molecular complexity index is 958. The second-order valence-corrected chi connectivity index (χ2v) is 8.36. The first-order valence-electron chi connectivity index (χ1n) is 10.5. The molecule has 2 aliphatic heterocycles. The molecule has 1 atom stereocenters. The Hall–Kier alpha value is -2.33. The van der Waals surface area contributed by atoms with Crippen molar-refractivity contribution in [3.8, 4) is 5.75 Å². The molecule has 0 bridgehead atoms. The standard InChI is InChI=1S/C24H27FN2O/c25-20-6-8-23-19(14-20)15-21(26-23)13-17-9-11-27(12-10-17)16-22-7-5-18-3-1-2-4-24(18)28-22/h1-4,6,8,14-15,17,22,26H,5,7,9-13,16H2. The van der Waals surface area contributed by atoms with Crippen LogP contribution in [-0.2, 0) is 12.8 Å². The summed E-state index contributed by atoms with van der Waals surface area (Å²) in [5.74, 6) is 1.60. The quantitative estimate of drug-likeness (QED) is 0.695. The van der Waals surface area contributed by atoms with Gasteiger partial charge in [-0.2, -0.15) is 0 Å². The number of hydrogen-bond donors (Lipinski definition) is 1. The second kappa shape index (κ2) is 7.59. The number of ether oxygens (including phenoxy) is 1. The highest BCUT2D eigenvalue weighted by atomic mass is 19.1. The summed E-state index contributed by atoms with van der Waals surface area (Å²) < 4.78 is 19.6. The molecule has 5 rings (SSSR count). The van der Waals surface area contributed by atoms with Gasteiger partial charge >= 0.3 is 0 Å². The SMILES string of the molecule is Fc1ccc2[nH]c(CC3CCN(CC4CCc5ccccc5O4)CC3)cc2c1. The van der Waals surface area contributed by atoms with Gasteiger partial charge in [0.25, 0.3) is 0 Å². The highest BCUT2D eigenvalue weighted by Crippen LogP contribution is 2.29. The number of nitrogens with one attached hydrogen (secondary N) is 1. The molecule has 1 unspecified atom stereocenters. The summed E-state index contributed by atoms with van der Waals surface area (Å²) in [6, 6.07) is 15.5. The van der Waals surface area contributed by atoms with Crippen LogP contribution in [-0.4, -0.2) is 35.6 Å². The zero-order valence-electron chi connectivity index (χ0n) is 16.2. The molecule has 0 aliphatic carbocycles. The summed E-state index contributed by atoms with van der Waals surface area (Å²) in [6.07, 6.45) is 6.04. The fourth-order valence-electron chi connectivity index (χ4n) is 4.75. The predicted molar refractivity (Wildman–Crippen MR) is 110 cm³/mol. The van der Waals surface area contributed by atoms with Crippen molar-refractivity contribution in [1.29, 1.82) is 0 Å². The number of fused-ring (bicyclic) bond motifs is 2. The molecule has 146 valence electrons. The summed E-state index contributed by atoms with van der Waals surface area (Å²) in [7, 11) is 0. The Labute approximate surface area is 165 Å². The first-order valence-corrected chi connectivity index (χ1v) is 10.5. The molecule has 0 saturated carbocycles. The molecule has 1 N–H and O–H groups in total. The van der Waals surface area contributed by atoms with E-state index in [2.05, 4.69) is 40.2 Å². The molecule has 3 nitrogen and oxygen atoms in total. The Morgan fingerprint density at radius 3 is 2.79 bits per heavy atom. The van der Waals surface area contributed by atoms with E-state index >= 15 is 0 Å². The topological polar surface area (TPSA) is 28.3 Å². The lowest BCUT2D eigenvalue weighted by atomic mass is 9.91. The van der Waals surface area contributed by atoms with E-state index in [1.54, 1.807) is 6.07 Å². The fraction of sp³-hybridized carbons (Fsp3) is 0.417. The van der Waals surface area contributed by atoms with Gasteiger partial charge < -0.3 is 9.72 Å². The van der Waals surface area contributed by atoms with Crippen LogP contribution in [0.5, 0.6) is 5.75 Å². The maximum Gasteiger partial charge on any atom is 0.123 e. The molecule has 0 spiro atoms. The summed E-state index contributed by atoms with van der Waals surface area (Å²) in [5.41, 5.74) is 3.60. The van der Waals surface area contributed by atoms with Crippen LogP contribution >= 0.6 is 0 Å². The number of aryl methyl sites for hydroxylation is 1. The summed E-state index contributed by atoms with van der Waals surface area (Å²) in [5, 5.41) is 0.974. The van der Waals surface area contributed by atoms with E-state index in [-0.39, 0.29) is 5.82 Å². The summed E-state index contributed by atoms with van der Waals surface area (Å²) in [6.45, 7) is 3.31. The molecular weight excluding hydrogens is 351 g/mol. The number of hydrogen-bond acceptors (Lipinski definition) is 2.